The first-order valence-electron chi connectivity index (χ1n) is 5.90. The molecule has 1 aromatic heterocycles. The standard InChI is InChI=1S/C10H14F3N5O/c11-10(12,13)6-19-9-16-7(14)15-8(17-9)18-4-2-1-3-5-18/h1-6H2,(H2,14,15,16,17). The van der Waals surface area contributed by atoms with Gasteiger partial charge in [-0.2, -0.15) is 28.1 Å². The minimum atomic E-state index is -4.44. The molecule has 2 rings (SSSR count). The van der Waals surface area contributed by atoms with Crippen molar-refractivity contribution in [1.82, 2.24) is 15.0 Å². The van der Waals surface area contributed by atoms with Crippen LogP contribution in [0.15, 0.2) is 0 Å². The van der Waals surface area contributed by atoms with Crippen LogP contribution in [0.25, 0.3) is 0 Å². The fraction of sp³-hybridized carbons (Fsp3) is 0.700. The Morgan fingerprint density at radius 2 is 1.79 bits per heavy atom. The normalized spacial score (nSPS) is 16.5. The molecule has 9 heteroatoms. The van der Waals surface area contributed by atoms with Crippen molar-refractivity contribution in [2.24, 2.45) is 0 Å². The van der Waals surface area contributed by atoms with Crippen LogP contribution >= 0.6 is 0 Å². The number of hydrogen-bond acceptors (Lipinski definition) is 6. The topological polar surface area (TPSA) is 77.2 Å². The van der Waals surface area contributed by atoms with Crippen molar-refractivity contribution in [1.29, 1.82) is 0 Å². The lowest BCUT2D eigenvalue weighted by Gasteiger charge is -2.26. The van der Waals surface area contributed by atoms with Gasteiger partial charge < -0.3 is 15.4 Å². The molecule has 1 saturated heterocycles. The Morgan fingerprint density at radius 3 is 2.42 bits per heavy atom. The lowest BCUT2D eigenvalue weighted by molar-refractivity contribution is -0.154. The molecule has 0 aromatic carbocycles. The quantitative estimate of drug-likeness (QED) is 0.899. The molecule has 0 spiro atoms. The van der Waals surface area contributed by atoms with Gasteiger partial charge in [0.2, 0.25) is 11.9 Å². The Balaban J connectivity index is 2.10. The van der Waals surface area contributed by atoms with Crippen LogP contribution < -0.4 is 15.4 Å². The maximum atomic E-state index is 12.1. The van der Waals surface area contributed by atoms with Crippen LogP contribution in [0.4, 0.5) is 25.1 Å². The van der Waals surface area contributed by atoms with E-state index in [0.29, 0.717) is 0 Å². The molecule has 0 radical (unpaired) electrons. The first-order chi connectivity index (χ1) is 8.94. The molecule has 1 aliphatic heterocycles. The number of halogens is 3. The van der Waals surface area contributed by atoms with E-state index in [1.54, 1.807) is 0 Å². The van der Waals surface area contributed by atoms with Gasteiger partial charge in [-0.25, -0.2) is 0 Å². The van der Waals surface area contributed by atoms with E-state index in [9.17, 15) is 13.2 Å². The number of piperidine rings is 1. The van der Waals surface area contributed by atoms with Crippen molar-refractivity contribution in [3.63, 3.8) is 0 Å². The lowest BCUT2D eigenvalue weighted by Crippen LogP contribution is -2.31. The van der Waals surface area contributed by atoms with E-state index in [2.05, 4.69) is 19.7 Å². The Bertz CT molecular complexity index is 434. The molecule has 1 aromatic rings. The van der Waals surface area contributed by atoms with Crippen LogP contribution in [0.2, 0.25) is 0 Å². The largest absolute Gasteiger partial charge is 0.454 e. The third-order valence-electron chi connectivity index (χ3n) is 2.62. The predicted molar refractivity (Wildman–Crippen MR) is 61.9 cm³/mol. The molecule has 2 heterocycles. The van der Waals surface area contributed by atoms with Gasteiger partial charge in [0.15, 0.2) is 6.61 Å². The highest BCUT2D eigenvalue weighted by Crippen LogP contribution is 2.20. The van der Waals surface area contributed by atoms with E-state index >= 15 is 0 Å². The number of rotatable bonds is 3. The molecule has 1 fully saturated rings. The van der Waals surface area contributed by atoms with Gasteiger partial charge in [-0.15, -0.1) is 0 Å². The van der Waals surface area contributed by atoms with Crippen LogP contribution in [0, 0.1) is 0 Å². The van der Waals surface area contributed by atoms with Gasteiger partial charge in [0, 0.05) is 13.1 Å². The molecule has 0 atom stereocenters. The minimum absolute atomic E-state index is 0.146. The van der Waals surface area contributed by atoms with E-state index in [1.807, 2.05) is 4.90 Å². The number of anilines is 2. The summed E-state index contributed by atoms with van der Waals surface area (Å²) < 4.78 is 40.7. The van der Waals surface area contributed by atoms with Crippen molar-refractivity contribution in [3.05, 3.63) is 0 Å². The zero-order valence-electron chi connectivity index (χ0n) is 10.2. The van der Waals surface area contributed by atoms with Crippen LogP contribution in [-0.2, 0) is 0 Å². The Morgan fingerprint density at radius 1 is 1.11 bits per heavy atom. The van der Waals surface area contributed by atoms with Gasteiger partial charge in [0.1, 0.15) is 0 Å². The highest BCUT2D eigenvalue weighted by molar-refractivity contribution is 5.36. The SMILES string of the molecule is Nc1nc(OCC(F)(F)F)nc(N2CCCCC2)n1. The summed E-state index contributed by atoms with van der Waals surface area (Å²) in [4.78, 5) is 13.2. The Hall–Kier alpha value is -1.80. The molecule has 106 valence electrons. The van der Waals surface area contributed by atoms with E-state index in [4.69, 9.17) is 5.73 Å². The fourth-order valence-electron chi connectivity index (χ4n) is 1.81. The first kappa shape index (κ1) is 13.6. The van der Waals surface area contributed by atoms with Crippen LogP contribution in [0.3, 0.4) is 0 Å². The highest BCUT2D eigenvalue weighted by atomic mass is 19.4. The predicted octanol–water partition coefficient (Wildman–Crippen LogP) is 1.39. The molecule has 2 N–H and O–H groups in total. The molecule has 0 unspecified atom stereocenters. The summed E-state index contributed by atoms with van der Waals surface area (Å²) in [5, 5.41) is 0. The van der Waals surface area contributed by atoms with Crippen molar-refractivity contribution in [3.8, 4) is 6.01 Å². The van der Waals surface area contributed by atoms with E-state index in [-0.39, 0.29) is 11.9 Å². The average Bonchev–Trinajstić information content (AvgIpc) is 2.36. The first-order valence-corrected chi connectivity index (χ1v) is 5.90. The number of nitrogens with zero attached hydrogens (tertiary/aromatic N) is 4. The van der Waals surface area contributed by atoms with Crippen LogP contribution in [0.1, 0.15) is 19.3 Å². The van der Waals surface area contributed by atoms with Gasteiger partial charge >= 0.3 is 12.2 Å². The second-order valence-electron chi connectivity index (χ2n) is 4.23. The molecule has 0 amide bonds. The average molecular weight is 277 g/mol. The Labute approximate surface area is 107 Å². The maximum Gasteiger partial charge on any atom is 0.422 e. The summed E-state index contributed by atoms with van der Waals surface area (Å²) in [5.41, 5.74) is 5.46. The third kappa shape index (κ3) is 4.11. The molecule has 0 aliphatic carbocycles. The molecule has 1 aliphatic rings. The zero-order valence-corrected chi connectivity index (χ0v) is 10.2. The van der Waals surface area contributed by atoms with Crippen LogP contribution in [-0.4, -0.2) is 40.8 Å². The number of hydrogen-bond donors (Lipinski definition) is 1. The molecule has 6 nitrogen and oxygen atoms in total. The summed E-state index contributed by atoms with van der Waals surface area (Å²) in [6, 6.07) is -0.398. The van der Waals surface area contributed by atoms with E-state index in [0.717, 1.165) is 32.4 Å². The van der Waals surface area contributed by atoms with Crippen molar-refractivity contribution < 1.29 is 17.9 Å². The summed E-state index contributed by atoms with van der Waals surface area (Å²) in [6.45, 7) is 0.0558. The lowest BCUT2D eigenvalue weighted by atomic mass is 10.1. The van der Waals surface area contributed by atoms with Crippen molar-refractivity contribution in [2.45, 2.75) is 25.4 Å². The summed E-state index contributed by atoms with van der Waals surface area (Å²) in [5.74, 6) is 0.122. The van der Waals surface area contributed by atoms with Gasteiger partial charge in [0.05, 0.1) is 0 Å². The minimum Gasteiger partial charge on any atom is -0.454 e. The highest BCUT2D eigenvalue weighted by Gasteiger charge is 2.29. The smallest absolute Gasteiger partial charge is 0.422 e. The second kappa shape index (κ2) is 5.45. The van der Waals surface area contributed by atoms with Gasteiger partial charge in [-0.3, -0.25) is 0 Å². The molecule has 19 heavy (non-hydrogen) atoms. The van der Waals surface area contributed by atoms with E-state index in [1.165, 1.54) is 0 Å². The molecule has 0 saturated carbocycles. The molecular formula is C10H14F3N5O. The number of nitrogens with two attached hydrogens (primary N) is 1. The second-order valence-corrected chi connectivity index (χ2v) is 4.23. The number of alkyl halides is 3. The summed E-state index contributed by atoms with van der Waals surface area (Å²) in [6.07, 6.45) is -1.34. The number of aromatic nitrogens is 3. The zero-order chi connectivity index (χ0) is 13.9. The van der Waals surface area contributed by atoms with Crippen molar-refractivity contribution >= 4 is 11.9 Å². The van der Waals surface area contributed by atoms with Crippen molar-refractivity contribution in [2.75, 3.05) is 30.3 Å². The third-order valence-corrected chi connectivity index (χ3v) is 2.62. The fourth-order valence-corrected chi connectivity index (χ4v) is 1.81. The Kier molecular flexibility index (Phi) is 3.91. The maximum absolute atomic E-state index is 12.1. The summed E-state index contributed by atoms with van der Waals surface area (Å²) in [7, 11) is 0. The summed E-state index contributed by atoms with van der Waals surface area (Å²) >= 11 is 0. The monoisotopic (exact) mass is 277 g/mol. The van der Waals surface area contributed by atoms with Gasteiger partial charge in [-0.05, 0) is 19.3 Å². The molecular weight excluding hydrogens is 263 g/mol. The molecule has 0 bridgehead atoms. The van der Waals surface area contributed by atoms with E-state index < -0.39 is 18.8 Å². The van der Waals surface area contributed by atoms with Gasteiger partial charge in [0.25, 0.3) is 0 Å². The number of nitrogen functional groups attached to an aromatic ring is 1. The number of ether oxygens (including phenoxy) is 1. The van der Waals surface area contributed by atoms with Gasteiger partial charge in [-0.1, -0.05) is 0 Å². The van der Waals surface area contributed by atoms with Crippen LogP contribution in [0.5, 0.6) is 6.01 Å².